The number of amides is 1. The summed E-state index contributed by atoms with van der Waals surface area (Å²) >= 11 is 1.64. The molecular weight excluding hydrogens is 188 g/mol. The highest BCUT2D eigenvalue weighted by atomic mass is 32.2. The molecule has 1 atom stereocenters. The van der Waals surface area contributed by atoms with Crippen LogP contribution in [0.5, 0.6) is 0 Å². The molecule has 0 aliphatic carbocycles. The van der Waals surface area contributed by atoms with Gasteiger partial charge in [-0.2, -0.15) is 0 Å². The zero-order valence-electron chi connectivity index (χ0n) is 7.87. The smallest absolute Gasteiger partial charge is 0.216 e. The molecule has 1 amide bonds. The van der Waals surface area contributed by atoms with Crippen LogP contribution in [-0.4, -0.2) is 29.4 Å². The molecule has 1 unspecified atom stereocenters. The van der Waals surface area contributed by atoms with Gasteiger partial charge in [0.05, 0.1) is 0 Å². The van der Waals surface area contributed by atoms with Crippen molar-refractivity contribution in [1.29, 1.82) is 0 Å². The molecule has 0 bridgehead atoms. The van der Waals surface area contributed by atoms with E-state index in [9.17, 15) is 4.79 Å². The summed E-state index contributed by atoms with van der Waals surface area (Å²) in [5.41, 5.74) is 0. The zero-order valence-corrected chi connectivity index (χ0v) is 8.69. The summed E-state index contributed by atoms with van der Waals surface area (Å²) in [5, 5.41) is 7.65. The molecule has 0 aromatic heterocycles. The average molecular weight is 202 g/mol. The second-order valence-corrected chi connectivity index (χ2v) is 4.10. The molecule has 0 fully saturated rings. The molecular formula is C8H14N2O2S. The number of thioether (sulfide) groups is 1. The minimum Gasteiger partial charge on any atom is -0.392 e. The SMILES string of the molecule is CC(=O)NCCSC1=NOC(C)C1. The lowest BCUT2D eigenvalue weighted by Gasteiger charge is -2.00. The molecule has 1 heterocycles. The maximum atomic E-state index is 10.5. The normalized spacial score (nSPS) is 20.8. The van der Waals surface area contributed by atoms with Gasteiger partial charge in [0.1, 0.15) is 11.1 Å². The van der Waals surface area contributed by atoms with Crippen molar-refractivity contribution in [3.8, 4) is 0 Å². The standard InChI is InChI=1S/C8H14N2O2S/c1-6-5-8(10-12-6)13-4-3-9-7(2)11/h6H,3-5H2,1-2H3,(H,9,11). The summed E-state index contributed by atoms with van der Waals surface area (Å²) < 4.78 is 0. The van der Waals surface area contributed by atoms with Crippen molar-refractivity contribution < 1.29 is 9.63 Å². The molecule has 4 nitrogen and oxygen atoms in total. The maximum absolute atomic E-state index is 10.5. The fourth-order valence-electron chi connectivity index (χ4n) is 0.950. The lowest BCUT2D eigenvalue weighted by Crippen LogP contribution is -2.22. The third-order valence-electron chi connectivity index (χ3n) is 1.54. The Morgan fingerprint density at radius 3 is 3.15 bits per heavy atom. The quantitative estimate of drug-likeness (QED) is 0.694. The van der Waals surface area contributed by atoms with Crippen LogP contribution >= 0.6 is 11.8 Å². The molecule has 1 aliphatic rings. The Morgan fingerprint density at radius 1 is 1.85 bits per heavy atom. The number of nitrogens with one attached hydrogen (secondary N) is 1. The summed E-state index contributed by atoms with van der Waals surface area (Å²) in [4.78, 5) is 15.5. The van der Waals surface area contributed by atoms with Gasteiger partial charge in [0.25, 0.3) is 0 Å². The first-order chi connectivity index (χ1) is 6.18. The van der Waals surface area contributed by atoms with Crippen molar-refractivity contribution in [2.45, 2.75) is 26.4 Å². The Kier molecular flexibility index (Phi) is 4.08. The van der Waals surface area contributed by atoms with Crippen molar-refractivity contribution in [2.75, 3.05) is 12.3 Å². The number of carbonyl (C=O) groups is 1. The van der Waals surface area contributed by atoms with Crippen LogP contribution in [0.1, 0.15) is 20.3 Å². The van der Waals surface area contributed by atoms with Crippen LogP contribution in [0.15, 0.2) is 5.16 Å². The summed E-state index contributed by atoms with van der Waals surface area (Å²) in [5.74, 6) is 0.868. The fourth-order valence-corrected chi connectivity index (χ4v) is 1.84. The van der Waals surface area contributed by atoms with Gasteiger partial charge in [-0.1, -0.05) is 5.16 Å². The third-order valence-corrected chi connectivity index (χ3v) is 2.52. The Labute approximate surface area is 82.1 Å². The molecule has 0 aromatic carbocycles. The van der Waals surface area contributed by atoms with E-state index in [0.29, 0.717) is 6.54 Å². The first kappa shape index (κ1) is 10.4. The molecule has 0 aromatic rings. The molecule has 5 heteroatoms. The van der Waals surface area contributed by atoms with Gasteiger partial charge in [0.2, 0.25) is 5.91 Å². The maximum Gasteiger partial charge on any atom is 0.216 e. The van der Waals surface area contributed by atoms with Crippen LogP contribution in [0.3, 0.4) is 0 Å². The van der Waals surface area contributed by atoms with Gasteiger partial charge in [0, 0.05) is 25.6 Å². The van der Waals surface area contributed by atoms with E-state index in [1.165, 1.54) is 6.92 Å². The fraction of sp³-hybridized carbons (Fsp3) is 0.750. The number of hydrogen-bond donors (Lipinski definition) is 1. The molecule has 1 rings (SSSR count). The van der Waals surface area contributed by atoms with Gasteiger partial charge in [-0.05, 0) is 6.92 Å². The Hall–Kier alpha value is -0.710. The van der Waals surface area contributed by atoms with Crippen LogP contribution in [-0.2, 0) is 9.63 Å². The van der Waals surface area contributed by atoms with E-state index in [4.69, 9.17) is 4.84 Å². The highest BCUT2D eigenvalue weighted by molar-refractivity contribution is 8.13. The van der Waals surface area contributed by atoms with Crippen molar-refractivity contribution in [2.24, 2.45) is 5.16 Å². The molecule has 0 radical (unpaired) electrons. The summed E-state index contributed by atoms with van der Waals surface area (Å²) in [7, 11) is 0. The van der Waals surface area contributed by atoms with Crippen LogP contribution < -0.4 is 5.32 Å². The van der Waals surface area contributed by atoms with Gasteiger partial charge >= 0.3 is 0 Å². The van der Waals surface area contributed by atoms with E-state index in [2.05, 4.69) is 10.5 Å². The number of rotatable bonds is 3. The summed E-state index contributed by atoms with van der Waals surface area (Å²) in [6.45, 7) is 4.20. The molecule has 0 saturated carbocycles. The largest absolute Gasteiger partial charge is 0.392 e. The number of nitrogens with zero attached hydrogens (tertiary/aromatic N) is 1. The van der Waals surface area contributed by atoms with Crippen LogP contribution in [0, 0.1) is 0 Å². The predicted octanol–water partition coefficient (Wildman–Crippen LogP) is 0.978. The van der Waals surface area contributed by atoms with Crippen molar-refractivity contribution >= 4 is 22.7 Å². The monoisotopic (exact) mass is 202 g/mol. The van der Waals surface area contributed by atoms with Crippen molar-refractivity contribution in [1.82, 2.24) is 5.32 Å². The van der Waals surface area contributed by atoms with E-state index in [1.807, 2.05) is 6.92 Å². The second-order valence-electron chi connectivity index (χ2n) is 2.94. The van der Waals surface area contributed by atoms with Crippen LogP contribution in [0.25, 0.3) is 0 Å². The van der Waals surface area contributed by atoms with E-state index in [1.54, 1.807) is 11.8 Å². The zero-order chi connectivity index (χ0) is 9.68. The second kappa shape index (κ2) is 5.11. The summed E-state index contributed by atoms with van der Waals surface area (Å²) in [6.07, 6.45) is 1.10. The van der Waals surface area contributed by atoms with Crippen LogP contribution in [0.4, 0.5) is 0 Å². The van der Waals surface area contributed by atoms with Gasteiger partial charge in [-0.3, -0.25) is 4.79 Å². The molecule has 74 valence electrons. The van der Waals surface area contributed by atoms with Gasteiger partial charge < -0.3 is 10.2 Å². The third kappa shape index (κ3) is 4.17. The van der Waals surface area contributed by atoms with E-state index >= 15 is 0 Å². The number of hydrogen-bond acceptors (Lipinski definition) is 4. The van der Waals surface area contributed by atoms with Gasteiger partial charge in [-0.15, -0.1) is 11.8 Å². The van der Waals surface area contributed by atoms with E-state index in [0.717, 1.165) is 17.2 Å². The lowest BCUT2D eigenvalue weighted by molar-refractivity contribution is -0.118. The molecule has 1 aliphatic heterocycles. The Balaban J connectivity index is 2.03. The highest BCUT2D eigenvalue weighted by Crippen LogP contribution is 2.17. The highest BCUT2D eigenvalue weighted by Gasteiger charge is 2.15. The Bertz CT molecular complexity index is 218. The molecule has 0 saturated heterocycles. The minimum absolute atomic E-state index is 0.0126. The van der Waals surface area contributed by atoms with Crippen molar-refractivity contribution in [3.63, 3.8) is 0 Å². The van der Waals surface area contributed by atoms with Crippen molar-refractivity contribution in [3.05, 3.63) is 0 Å². The first-order valence-corrected chi connectivity index (χ1v) is 5.27. The lowest BCUT2D eigenvalue weighted by atomic mass is 10.3. The first-order valence-electron chi connectivity index (χ1n) is 4.28. The van der Waals surface area contributed by atoms with Crippen LogP contribution in [0.2, 0.25) is 0 Å². The minimum atomic E-state index is 0.0126. The topological polar surface area (TPSA) is 50.7 Å². The molecule has 0 spiro atoms. The predicted molar refractivity (Wildman–Crippen MR) is 53.7 cm³/mol. The number of oxime groups is 1. The van der Waals surface area contributed by atoms with Gasteiger partial charge in [-0.25, -0.2) is 0 Å². The summed E-state index contributed by atoms with van der Waals surface area (Å²) in [6, 6.07) is 0. The number of carbonyl (C=O) groups excluding carboxylic acids is 1. The van der Waals surface area contributed by atoms with E-state index < -0.39 is 0 Å². The van der Waals surface area contributed by atoms with Gasteiger partial charge in [0.15, 0.2) is 0 Å². The van der Waals surface area contributed by atoms with E-state index in [-0.39, 0.29) is 12.0 Å². The molecule has 1 N–H and O–H groups in total. The Morgan fingerprint density at radius 2 is 2.62 bits per heavy atom. The molecule has 13 heavy (non-hydrogen) atoms. The average Bonchev–Trinajstić information content (AvgIpc) is 2.45.